The molecule has 1 aliphatic carbocycles. The molecule has 2 aliphatic rings. The van der Waals surface area contributed by atoms with Crippen LogP contribution in [0.5, 0.6) is 0 Å². The van der Waals surface area contributed by atoms with E-state index in [0.29, 0.717) is 0 Å². The fourth-order valence-corrected chi connectivity index (χ4v) is 3.01. The third-order valence-corrected chi connectivity index (χ3v) is 4.11. The van der Waals surface area contributed by atoms with Gasteiger partial charge in [-0.2, -0.15) is 5.10 Å². The van der Waals surface area contributed by atoms with Crippen LogP contribution in [0.4, 0.5) is 5.95 Å². The molecule has 3 rings (SSSR count). The SMILES string of the molecule is c1nnc(N2CCOCC2)nc1CC1CCCCC1. The van der Waals surface area contributed by atoms with E-state index in [2.05, 4.69) is 20.1 Å². The van der Waals surface area contributed by atoms with Gasteiger partial charge in [0.15, 0.2) is 0 Å². The third kappa shape index (κ3) is 3.41. The predicted octanol–water partition coefficient (Wildman–Crippen LogP) is 1.83. The molecule has 0 N–H and O–H groups in total. The van der Waals surface area contributed by atoms with Crippen molar-refractivity contribution in [2.45, 2.75) is 38.5 Å². The van der Waals surface area contributed by atoms with Gasteiger partial charge in [-0.05, 0) is 12.3 Å². The highest BCUT2D eigenvalue weighted by molar-refractivity contribution is 5.29. The second-order valence-electron chi connectivity index (χ2n) is 5.56. The van der Waals surface area contributed by atoms with Crippen molar-refractivity contribution in [3.63, 3.8) is 0 Å². The lowest BCUT2D eigenvalue weighted by Crippen LogP contribution is -2.37. The van der Waals surface area contributed by atoms with Gasteiger partial charge in [0.25, 0.3) is 0 Å². The van der Waals surface area contributed by atoms with Crippen LogP contribution in [0.2, 0.25) is 0 Å². The number of aromatic nitrogens is 3. The van der Waals surface area contributed by atoms with Crippen molar-refractivity contribution in [1.82, 2.24) is 15.2 Å². The number of ether oxygens (including phenoxy) is 1. The summed E-state index contributed by atoms with van der Waals surface area (Å²) in [4.78, 5) is 6.85. The average Bonchev–Trinajstić information content (AvgIpc) is 2.49. The smallest absolute Gasteiger partial charge is 0.245 e. The first kappa shape index (κ1) is 12.8. The minimum Gasteiger partial charge on any atom is -0.378 e. The second kappa shape index (κ2) is 6.28. The van der Waals surface area contributed by atoms with Crippen LogP contribution >= 0.6 is 0 Å². The zero-order valence-electron chi connectivity index (χ0n) is 11.4. The standard InChI is InChI=1S/C14H22N4O/c1-2-4-12(5-3-1)10-13-11-15-17-14(16-13)18-6-8-19-9-7-18/h11-12H,1-10H2. The van der Waals surface area contributed by atoms with Crippen molar-refractivity contribution in [3.8, 4) is 0 Å². The van der Waals surface area contributed by atoms with Gasteiger partial charge in [0.2, 0.25) is 5.95 Å². The lowest BCUT2D eigenvalue weighted by molar-refractivity contribution is 0.122. The van der Waals surface area contributed by atoms with Gasteiger partial charge >= 0.3 is 0 Å². The van der Waals surface area contributed by atoms with Gasteiger partial charge in [-0.15, -0.1) is 5.10 Å². The highest BCUT2D eigenvalue weighted by atomic mass is 16.5. The van der Waals surface area contributed by atoms with Gasteiger partial charge < -0.3 is 9.64 Å². The van der Waals surface area contributed by atoms with Gasteiger partial charge in [-0.3, -0.25) is 0 Å². The Bertz CT molecular complexity index is 400. The van der Waals surface area contributed by atoms with E-state index >= 15 is 0 Å². The van der Waals surface area contributed by atoms with E-state index in [1.54, 1.807) is 0 Å². The van der Waals surface area contributed by atoms with Crippen LogP contribution in [0.3, 0.4) is 0 Å². The molecule has 1 saturated heterocycles. The summed E-state index contributed by atoms with van der Waals surface area (Å²) in [5.74, 6) is 1.57. The van der Waals surface area contributed by atoms with Crippen LogP contribution in [0.25, 0.3) is 0 Å². The summed E-state index contributed by atoms with van der Waals surface area (Å²) in [5.41, 5.74) is 1.10. The first-order valence-electron chi connectivity index (χ1n) is 7.43. The fraction of sp³-hybridized carbons (Fsp3) is 0.786. The summed E-state index contributed by atoms with van der Waals surface area (Å²) < 4.78 is 5.36. The van der Waals surface area contributed by atoms with Gasteiger partial charge in [0.1, 0.15) is 0 Å². The maximum Gasteiger partial charge on any atom is 0.245 e. The summed E-state index contributed by atoms with van der Waals surface area (Å²) in [6.45, 7) is 3.26. The lowest BCUT2D eigenvalue weighted by atomic mass is 9.86. The van der Waals surface area contributed by atoms with E-state index in [0.717, 1.165) is 50.3 Å². The second-order valence-corrected chi connectivity index (χ2v) is 5.56. The zero-order valence-corrected chi connectivity index (χ0v) is 11.4. The highest BCUT2D eigenvalue weighted by Crippen LogP contribution is 2.26. The first-order chi connectivity index (χ1) is 9.42. The summed E-state index contributed by atoms with van der Waals surface area (Å²) in [6.07, 6.45) is 9.73. The molecule has 0 amide bonds. The number of hydrogen-bond acceptors (Lipinski definition) is 5. The zero-order chi connectivity index (χ0) is 12.9. The number of morpholine rings is 1. The summed E-state index contributed by atoms with van der Waals surface area (Å²) in [5, 5.41) is 8.30. The maximum absolute atomic E-state index is 5.36. The Morgan fingerprint density at radius 1 is 1.16 bits per heavy atom. The normalized spacial score (nSPS) is 21.6. The topological polar surface area (TPSA) is 51.1 Å². The molecule has 1 aliphatic heterocycles. The van der Waals surface area contributed by atoms with Gasteiger partial charge in [-0.25, -0.2) is 4.98 Å². The molecule has 1 saturated carbocycles. The van der Waals surface area contributed by atoms with E-state index in [4.69, 9.17) is 4.74 Å². The Morgan fingerprint density at radius 3 is 2.74 bits per heavy atom. The molecule has 0 aromatic carbocycles. The van der Waals surface area contributed by atoms with Crippen molar-refractivity contribution >= 4 is 5.95 Å². The minimum atomic E-state index is 0.760. The van der Waals surface area contributed by atoms with E-state index in [-0.39, 0.29) is 0 Å². The monoisotopic (exact) mass is 262 g/mol. The quantitative estimate of drug-likeness (QED) is 0.832. The fourth-order valence-electron chi connectivity index (χ4n) is 3.01. The van der Waals surface area contributed by atoms with Crippen LogP contribution in [0.15, 0.2) is 6.20 Å². The lowest BCUT2D eigenvalue weighted by Gasteiger charge is -2.26. The molecular formula is C14H22N4O. The van der Waals surface area contributed by atoms with Gasteiger partial charge in [-0.1, -0.05) is 32.1 Å². The molecule has 104 valence electrons. The first-order valence-corrected chi connectivity index (χ1v) is 7.43. The van der Waals surface area contributed by atoms with Crippen LogP contribution < -0.4 is 4.90 Å². The van der Waals surface area contributed by atoms with E-state index < -0.39 is 0 Å². The number of nitrogens with zero attached hydrogens (tertiary/aromatic N) is 4. The molecule has 2 heterocycles. The molecule has 5 nitrogen and oxygen atoms in total. The van der Waals surface area contributed by atoms with Crippen molar-refractivity contribution in [2.24, 2.45) is 5.92 Å². The molecule has 0 unspecified atom stereocenters. The average molecular weight is 262 g/mol. The summed E-state index contributed by atoms with van der Waals surface area (Å²) in [7, 11) is 0. The molecule has 0 bridgehead atoms. The van der Waals surface area contributed by atoms with E-state index in [1.807, 2.05) is 6.20 Å². The van der Waals surface area contributed by atoms with Crippen LogP contribution in [0, 0.1) is 5.92 Å². The number of rotatable bonds is 3. The summed E-state index contributed by atoms with van der Waals surface area (Å²) >= 11 is 0. The Morgan fingerprint density at radius 2 is 1.95 bits per heavy atom. The van der Waals surface area contributed by atoms with E-state index in [9.17, 15) is 0 Å². The predicted molar refractivity (Wildman–Crippen MR) is 73.1 cm³/mol. The molecule has 19 heavy (non-hydrogen) atoms. The Balaban J connectivity index is 1.64. The van der Waals surface area contributed by atoms with Crippen LogP contribution in [-0.2, 0) is 11.2 Å². The summed E-state index contributed by atoms with van der Waals surface area (Å²) in [6, 6.07) is 0. The number of hydrogen-bond donors (Lipinski definition) is 0. The third-order valence-electron chi connectivity index (χ3n) is 4.11. The largest absolute Gasteiger partial charge is 0.378 e. The molecule has 0 atom stereocenters. The molecule has 1 aromatic heterocycles. The minimum absolute atomic E-state index is 0.760. The van der Waals surface area contributed by atoms with Crippen molar-refractivity contribution in [3.05, 3.63) is 11.9 Å². The van der Waals surface area contributed by atoms with E-state index in [1.165, 1.54) is 32.1 Å². The van der Waals surface area contributed by atoms with Crippen LogP contribution in [0.1, 0.15) is 37.8 Å². The Kier molecular flexibility index (Phi) is 4.23. The Labute approximate surface area is 114 Å². The molecular weight excluding hydrogens is 240 g/mol. The molecule has 5 heteroatoms. The van der Waals surface area contributed by atoms with Crippen LogP contribution in [-0.4, -0.2) is 41.5 Å². The Hall–Kier alpha value is -1.23. The number of anilines is 1. The highest BCUT2D eigenvalue weighted by Gasteiger charge is 2.17. The molecule has 1 aromatic rings. The maximum atomic E-state index is 5.36. The molecule has 0 spiro atoms. The van der Waals surface area contributed by atoms with Gasteiger partial charge in [0, 0.05) is 13.1 Å². The molecule has 0 radical (unpaired) electrons. The van der Waals surface area contributed by atoms with Crippen molar-refractivity contribution < 1.29 is 4.74 Å². The van der Waals surface area contributed by atoms with Crippen molar-refractivity contribution in [2.75, 3.05) is 31.2 Å². The molecule has 2 fully saturated rings. The van der Waals surface area contributed by atoms with Crippen molar-refractivity contribution in [1.29, 1.82) is 0 Å². The van der Waals surface area contributed by atoms with Gasteiger partial charge in [0.05, 0.1) is 25.1 Å².